The van der Waals surface area contributed by atoms with E-state index in [4.69, 9.17) is 14.5 Å². The Hall–Kier alpha value is -4.17. The molecule has 37 heavy (non-hydrogen) atoms. The Labute approximate surface area is 217 Å². The van der Waals surface area contributed by atoms with Crippen molar-refractivity contribution in [2.24, 2.45) is 0 Å². The number of aryl methyl sites for hydroxylation is 2. The monoisotopic (exact) mass is 512 g/mol. The van der Waals surface area contributed by atoms with Gasteiger partial charge in [-0.2, -0.15) is 0 Å². The number of Topliss-reactive ketones (excluding diaryl/α,β-unsaturated/α-hetero) is 1. The first-order valence-corrected chi connectivity index (χ1v) is 12.9. The fourth-order valence-corrected chi connectivity index (χ4v) is 5.84. The molecule has 7 nitrogen and oxygen atoms in total. The van der Waals surface area contributed by atoms with Crippen LogP contribution in [0.4, 0.5) is 5.13 Å². The summed E-state index contributed by atoms with van der Waals surface area (Å²) in [6, 6.07) is 17.7. The highest BCUT2D eigenvalue weighted by molar-refractivity contribution is 7.22. The van der Waals surface area contributed by atoms with Gasteiger partial charge in [-0.05, 0) is 60.4 Å². The number of hydrogen-bond donors (Lipinski definition) is 1. The highest BCUT2D eigenvalue weighted by Crippen LogP contribution is 2.45. The maximum atomic E-state index is 13.9. The molecule has 0 saturated heterocycles. The van der Waals surface area contributed by atoms with Gasteiger partial charge in [0.2, 0.25) is 0 Å². The first kappa shape index (κ1) is 23.2. The Morgan fingerprint density at radius 1 is 1.05 bits per heavy atom. The van der Waals surface area contributed by atoms with E-state index in [9.17, 15) is 14.7 Å². The summed E-state index contributed by atoms with van der Waals surface area (Å²) in [4.78, 5) is 33.5. The van der Waals surface area contributed by atoms with Crippen LogP contribution in [0.1, 0.15) is 40.0 Å². The number of carbonyl (C=O) groups is 2. The molecule has 1 amide bonds. The predicted octanol–water partition coefficient (Wildman–Crippen LogP) is 5.72. The van der Waals surface area contributed by atoms with Gasteiger partial charge in [0.25, 0.3) is 5.91 Å². The molecule has 0 saturated carbocycles. The number of amides is 1. The number of aliphatic hydroxyl groups excluding tert-OH is 1. The first-order chi connectivity index (χ1) is 17.9. The van der Waals surface area contributed by atoms with Crippen molar-refractivity contribution in [2.75, 3.05) is 18.1 Å². The van der Waals surface area contributed by atoms with Crippen LogP contribution in [0, 0.1) is 6.92 Å². The molecule has 2 aliphatic heterocycles. The maximum absolute atomic E-state index is 13.9. The van der Waals surface area contributed by atoms with Gasteiger partial charge in [-0.15, -0.1) is 0 Å². The Bertz CT molecular complexity index is 1590. The van der Waals surface area contributed by atoms with Crippen molar-refractivity contribution in [3.63, 3.8) is 0 Å². The van der Waals surface area contributed by atoms with Crippen molar-refractivity contribution < 1.29 is 24.2 Å². The van der Waals surface area contributed by atoms with Gasteiger partial charge in [0, 0.05) is 5.56 Å². The fraction of sp³-hybridized carbons (Fsp3) is 0.207. The van der Waals surface area contributed by atoms with Gasteiger partial charge >= 0.3 is 0 Å². The molecule has 0 spiro atoms. The number of benzene rings is 3. The Kier molecular flexibility index (Phi) is 5.68. The van der Waals surface area contributed by atoms with Gasteiger partial charge in [-0.1, -0.05) is 48.6 Å². The lowest BCUT2D eigenvalue weighted by Gasteiger charge is -2.25. The number of rotatable bonds is 5. The van der Waals surface area contributed by atoms with Crippen LogP contribution in [0.2, 0.25) is 0 Å². The minimum absolute atomic E-state index is 0.0152. The molecule has 6 rings (SSSR count). The van der Waals surface area contributed by atoms with Crippen molar-refractivity contribution in [3.8, 4) is 11.5 Å². The number of ketones is 1. The van der Waals surface area contributed by atoms with Crippen LogP contribution >= 0.6 is 11.3 Å². The summed E-state index contributed by atoms with van der Waals surface area (Å²) < 4.78 is 12.2. The molecule has 1 aromatic heterocycles. The zero-order chi connectivity index (χ0) is 25.7. The molecule has 0 fully saturated rings. The third kappa shape index (κ3) is 3.94. The minimum Gasteiger partial charge on any atom is -0.503 e. The van der Waals surface area contributed by atoms with Crippen LogP contribution in [0.3, 0.4) is 0 Å². The fourth-order valence-electron chi connectivity index (χ4n) is 4.75. The normalized spacial score (nSPS) is 17.1. The number of thiazole rings is 1. The van der Waals surface area contributed by atoms with Crippen LogP contribution in [-0.2, 0) is 11.2 Å². The van der Waals surface area contributed by atoms with Gasteiger partial charge in [-0.3, -0.25) is 14.5 Å². The van der Waals surface area contributed by atoms with E-state index in [1.165, 1.54) is 16.2 Å². The number of aromatic nitrogens is 1. The lowest BCUT2D eigenvalue weighted by Crippen LogP contribution is -2.31. The van der Waals surface area contributed by atoms with E-state index >= 15 is 0 Å². The summed E-state index contributed by atoms with van der Waals surface area (Å²) in [6.45, 7) is 4.88. The maximum Gasteiger partial charge on any atom is 0.296 e. The number of ether oxygens (including phenoxy) is 2. The lowest BCUT2D eigenvalue weighted by atomic mass is 9.92. The Morgan fingerprint density at radius 3 is 2.57 bits per heavy atom. The van der Waals surface area contributed by atoms with E-state index in [1.807, 2.05) is 49.4 Å². The van der Waals surface area contributed by atoms with Gasteiger partial charge in [0.15, 0.2) is 28.2 Å². The Balaban J connectivity index is 1.48. The molecular formula is C29H24N2O5S. The molecule has 0 bridgehead atoms. The van der Waals surface area contributed by atoms with Crippen molar-refractivity contribution in [1.82, 2.24) is 4.98 Å². The van der Waals surface area contributed by atoms with Gasteiger partial charge < -0.3 is 14.6 Å². The van der Waals surface area contributed by atoms with E-state index in [1.54, 1.807) is 18.2 Å². The number of aliphatic hydroxyl groups is 1. The molecule has 1 N–H and O–H groups in total. The summed E-state index contributed by atoms with van der Waals surface area (Å²) in [7, 11) is 0. The highest BCUT2D eigenvalue weighted by atomic mass is 32.1. The Morgan fingerprint density at radius 2 is 1.81 bits per heavy atom. The van der Waals surface area contributed by atoms with Gasteiger partial charge in [0.1, 0.15) is 13.2 Å². The molecule has 3 aromatic carbocycles. The van der Waals surface area contributed by atoms with Crippen LogP contribution in [0.5, 0.6) is 11.5 Å². The second-order valence-corrected chi connectivity index (χ2v) is 10.1. The number of hydrogen-bond acceptors (Lipinski definition) is 7. The van der Waals surface area contributed by atoms with E-state index in [2.05, 4.69) is 6.92 Å². The van der Waals surface area contributed by atoms with E-state index in [0.29, 0.717) is 41.0 Å². The summed E-state index contributed by atoms with van der Waals surface area (Å²) in [5.74, 6) is -0.654. The molecular weight excluding hydrogens is 488 g/mol. The van der Waals surface area contributed by atoms with Gasteiger partial charge in [0.05, 0.1) is 21.8 Å². The molecule has 4 aromatic rings. The van der Waals surface area contributed by atoms with Crippen LogP contribution in [-0.4, -0.2) is 35.0 Å². The standard InChI is InChI=1S/C29H24N2O5S/c1-3-17-5-7-18(8-6-17)25-24(26(32)19-9-11-21-22(15-19)36-13-12-35-21)27(33)28(34)31(25)29-30-20-10-4-16(2)14-23(20)37-29/h4-11,14-15,25,33H,3,12-13H2,1-2H3/t25-/m0/s1. The number of carbonyl (C=O) groups excluding carboxylic acids is 2. The van der Waals surface area contributed by atoms with Crippen LogP contribution in [0.15, 0.2) is 72.0 Å². The third-order valence-electron chi connectivity index (χ3n) is 6.70. The molecule has 8 heteroatoms. The first-order valence-electron chi connectivity index (χ1n) is 12.1. The van der Waals surface area contributed by atoms with Crippen molar-refractivity contribution >= 4 is 38.4 Å². The van der Waals surface area contributed by atoms with E-state index in [-0.39, 0.29) is 5.57 Å². The quantitative estimate of drug-likeness (QED) is 0.344. The SMILES string of the molecule is CCc1ccc([C@H]2C(C(=O)c3ccc4c(c3)OCCO4)=C(O)C(=O)N2c2nc3ccc(C)cc3s2)cc1. The zero-order valence-corrected chi connectivity index (χ0v) is 21.2. The largest absolute Gasteiger partial charge is 0.503 e. The van der Waals surface area contributed by atoms with Crippen molar-refractivity contribution in [2.45, 2.75) is 26.3 Å². The molecule has 0 unspecified atom stereocenters. The predicted molar refractivity (Wildman–Crippen MR) is 142 cm³/mol. The second-order valence-electron chi connectivity index (χ2n) is 9.09. The summed E-state index contributed by atoms with van der Waals surface area (Å²) >= 11 is 1.36. The molecule has 0 radical (unpaired) electrons. The van der Waals surface area contributed by atoms with Crippen molar-refractivity contribution in [1.29, 1.82) is 0 Å². The average Bonchev–Trinajstić information content (AvgIpc) is 3.45. The van der Waals surface area contributed by atoms with Crippen LogP contribution < -0.4 is 14.4 Å². The van der Waals surface area contributed by atoms with E-state index < -0.39 is 23.5 Å². The lowest BCUT2D eigenvalue weighted by molar-refractivity contribution is -0.117. The van der Waals surface area contributed by atoms with Crippen molar-refractivity contribution in [3.05, 3.63) is 94.2 Å². The number of nitrogens with zero attached hydrogens (tertiary/aromatic N) is 2. The second kappa shape index (κ2) is 9.05. The topological polar surface area (TPSA) is 89.0 Å². The molecule has 2 aliphatic rings. The number of anilines is 1. The smallest absolute Gasteiger partial charge is 0.296 e. The summed E-state index contributed by atoms with van der Waals surface area (Å²) in [5, 5.41) is 11.5. The average molecular weight is 513 g/mol. The van der Waals surface area contributed by atoms with E-state index in [0.717, 1.165) is 27.8 Å². The highest BCUT2D eigenvalue weighted by Gasteiger charge is 2.46. The summed E-state index contributed by atoms with van der Waals surface area (Å²) in [5.41, 5.74) is 3.99. The molecule has 3 heterocycles. The molecule has 0 aliphatic carbocycles. The summed E-state index contributed by atoms with van der Waals surface area (Å²) in [6.07, 6.45) is 0.856. The molecule has 186 valence electrons. The third-order valence-corrected chi connectivity index (χ3v) is 7.72. The molecule has 1 atom stereocenters. The van der Waals surface area contributed by atoms with Gasteiger partial charge in [-0.25, -0.2) is 4.98 Å². The zero-order valence-electron chi connectivity index (χ0n) is 20.4. The minimum atomic E-state index is -0.833. The van der Waals surface area contributed by atoms with Crippen LogP contribution in [0.25, 0.3) is 10.2 Å². The number of fused-ring (bicyclic) bond motifs is 2.